The lowest BCUT2D eigenvalue weighted by molar-refractivity contribution is 0.555. The van der Waals surface area contributed by atoms with Crippen molar-refractivity contribution in [1.82, 2.24) is 5.43 Å². The highest BCUT2D eigenvalue weighted by Crippen LogP contribution is 2.30. The maximum Gasteiger partial charge on any atom is 0.0670 e. The predicted molar refractivity (Wildman–Crippen MR) is 82.0 cm³/mol. The Bertz CT molecular complexity index is 434. The lowest BCUT2D eigenvalue weighted by atomic mass is 9.91. The van der Waals surface area contributed by atoms with E-state index < -0.39 is 0 Å². The zero-order chi connectivity index (χ0) is 13.7. The molecule has 0 fully saturated rings. The summed E-state index contributed by atoms with van der Waals surface area (Å²) in [4.78, 5) is 0. The number of aryl methyl sites for hydroxylation is 1. The molecule has 0 heterocycles. The van der Waals surface area contributed by atoms with Crippen LogP contribution < -0.4 is 11.3 Å². The molecular formula is C16H23ClN2. The predicted octanol–water partition coefficient (Wildman–Crippen LogP) is 4.43. The van der Waals surface area contributed by atoms with Crippen LogP contribution in [0.5, 0.6) is 0 Å². The van der Waals surface area contributed by atoms with E-state index in [1.165, 1.54) is 42.4 Å². The van der Waals surface area contributed by atoms with Gasteiger partial charge in [-0.3, -0.25) is 5.84 Å². The number of halogens is 1. The molecule has 3 heteroatoms. The van der Waals surface area contributed by atoms with Crippen LogP contribution in [-0.4, -0.2) is 0 Å². The van der Waals surface area contributed by atoms with E-state index in [1.807, 2.05) is 12.1 Å². The second kappa shape index (κ2) is 7.09. The minimum atomic E-state index is 0.0931. The van der Waals surface area contributed by atoms with E-state index in [9.17, 15) is 0 Å². The Morgan fingerprint density at radius 3 is 2.68 bits per heavy atom. The van der Waals surface area contributed by atoms with E-state index in [0.717, 1.165) is 17.9 Å². The first-order chi connectivity index (χ1) is 9.20. The number of allylic oxidation sites excluding steroid dienone is 1. The van der Waals surface area contributed by atoms with Gasteiger partial charge < -0.3 is 0 Å². The Labute approximate surface area is 121 Å². The van der Waals surface area contributed by atoms with Crippen LogP contribution >= 0.6 is 11.6 Å². The molecule has 0 amide bonds. The molecule has 0 saturated carbocycles. The van der Waals surface area contributed by atoms with E-state index in [0.29, 0.717) is 0 Å². The lowest BCUT2D eigenvalue weighted by Crippen LogP contribution is -2.29. The molecular weight excluding hydrogens is 256 g/mol. The van der Waals surface area contributed by atoms with Crippen LogP contribution in [0.4, 0.5) is 0 Å². The second-order valence-corrected chi connectivity index (χ2v) is 5.83. The van der Waals surface area contributed by atoms with E-state index in [2.05, 4.69) is 24.5 Å². The number of hydrazine groups is 1. The average molecular weight is 279 g/mol. The van der Waals surface area contributed by atoms with Gasteiger partial charge in [-0.2, -0.15) is 0 Å². The number of hydrogen-bond acceptors (Lipinski definition) is 2. The fourth-order valence-corrected chi connectivity index (χ4v) is 3.13. The summed E-state index contributed by atoms with van der Waals surface area (Å²) in [5.41, 5.74) is 6.71. The third kappa shape index (κ3) is 4.07. The highest BCUT2D eigenvalue weighted by Gasteiger charge is 2.16. The molecule has 1 aromatic rings. The summed E-state index contributed by atoms with van der Waals surface area (Å²) in [7, 11) is 0. The summed E-state index contributed by atoms with van der Waals surface area (Å²) in [6, 6.07) is 6.25. The second-order valence-electron chi connectivity index (χ2n) is 5.39. The summed E-state index contributed by atoms with van der Waals surface area (Å²) in [6.07, 6.45) is 9.86. The molecule has 19 heavy (non-hydrogen) atoms. The lowest BCUT2D eigenvalue weighted by Gasteiger charge is -2.22. The topological polar surface area (TPSA) is 38.0 Å². The van der Waals surface area contributed by atoms with Crippen molar-refractivity contribution >= 4 is 11.6 Å². The zero-order valence-electron chi connectivity index (χ0n) is 11.6. The Morgan fingerprint density at radius 1 is 1.16 bits per heavy atom. The van der Waals surface area contributed by atoms with Gasteiger partial charge >= 0.3 is 0 Å². The molecule has 0 radical (unpaired) electrons. The maximum atomic E-state index is 6.16. The molecule has 2 nitrogen and oxygen atoms in total. The van der Waals surface area contributed by atoms with Gasteiger partial charge in [-0.1, -0.05) is 42.2 Å². The van der Waals surface area contributed by atoms with Gasteiger partial charge in [-0.05, 0) is 55.9 Å². The third-order valence-corrected chi connectivity index (χ3v) is 3.98. The number of nitrogens with two attached hydrogens (primary N) is 1. The van der Waals surface area contributed by atoms with Gasteiger partial charge in [0.15, 0.2) is 0 Å². The summed E-state index contributed by atoms with van der Waals surface area (Å²) in [5, 5.41) is 0.779. The number of hydrogen-bond donors (Lipinski definition) is 2. The summed E-state index contributed by atoms with van der Waals surface area (Å²) in [5.74, 6) is 5.79. The fourth-order valence-electron chi connectivity index (χ4n) is 2.83. The Morgan fingerprint density at radius 2 is 1.95 bits per heavy atom. The van der Waals surface area contributed by atoms with Crippen molar-refractivity contribution in [2.24, 2.45) is 5.84 Å². The van der Waals surface area contributed by atoms with Crippen LogP contribution in [0.3, 0.4) is 0 Å². The Balaban J connectivity index is 2.26. The Hall–Kier alpha value is -0.830. The van der Waals surface area contributed by atoms with Gasteiger partial charge in [0.25, 0.3) is 0 Å². The number of rotatable bonds is 3. The van der Waals surface area contributed by atoms with Crippen molar-refractivity contribution in [3.8, 4) is 0 Å². The maximum absolute atomic E-state index is 6.16. The normalized spacial score (nSPS) is 21.1. The highest BCUT2D eigenvalue weighted by atomic mass is 35.5. The van der Waals surface area contributed by atoms with Gasteiger partial charge in [0.1, 0.15) is 0 Å². The molecule has 0 saturated heterocycles. The number of benzene rings is 1. The van der Waals surface area contributed by atoms with Gasteiger partial charge in [-0.15, -0.1) is 0 Å². The molecule has 0 aliphatic heterocycles. The first kappa shape index (κ1) is 14.6. The van der Waals surface area contributed by atoms with Crippen molar-refractivity contribution in [2.75, 3.05) is 0 Å². The molecule has 0 bridgehead atoms. The van der Waals surface area contributed by atoms with Crippen molar-refractivity contribution in [2.45, 2.75) is 51.5 Å². The van der Waals surface area contributed by atoms with E-state index in [-0.39, 0.29) is 6.04 Å². The molecule has 104 valence electrons. The first-order valence-electron chi connectivity index (χ1n) is 7.13. The summed E-state index contributed by atoms with van der Waals surface area (Å²) < 4.78 is 0. The molecule has 1 aromatic carbocycles. The largest absolute Gasteiger partial charge is 0.271 e. The molecule has 1 aliphatic carbocycles. The molecule has 2 rings (SSSR count). The van der Waals surface area contributed by atoms with Gasteiger partial charge in [0.05, 0.1) is 6.04 Å². The van der Waals surface area contributed by atoms with Crippen LogP contribution in [0.15, 0.2) is 29.8 Å². The monoisotopic (exact) mass is 278 g/mol. The van der Waals surface area contributed by atoms with Crippen molar-refractivity contribution in [1.29, 1.82) is 0 Å². The van der Waals surface area contributed by atoms with Crippen LogP contribution in [0.25, 0.3) is 0 Å². The van der Waals surface area contributed by atoms with Crippen LogP contribution in [0.1, 0.15) is 55.7 Å². The van der Waals surface area contributed by atoms with Crippen LogP contribution in [0.2, 0.25) is 5.02 Å². The van der Waals surface area contributed by atoms with Gasteiger partial charge in [0, 0.05) is 5.02 Å². The van der Waals surface area contributed by atoms with E-state index in [1.54, 1.807) is 0 Å². The highest BCUT2D eigenvalue weighted by molar-refractivity contribution is 6.30. The van der Waals surface area contributed by atoms with Crippen LogP contribution in [-0.2, 0) is 0 Å². The summed E-state index contributed by atoms with van der Waals surface area (Å²) in [6.45, 7) is 2.06. The van der Waals surface area contributed by atoms with Crippen molar-refractivity contribution < 1.29 is 0 Å². The molecule has 1 atom stereocenters. The molecule has 0 spiro atoms. The minimum absolute atomic E-state index is 0.0931. The quantitative estimate of drug-likeness (QED) is 0.487. The molecule has 1 aliphatic rings. The van der Waals surface area contributed by atoms with Gasteiger partial charge in [0.2, 0.25) is 0 Å². The molecule has 0 aromatic heterocycles. The fraction of sp³-hybridized carbons (Fsp3) is 0.500. The van der Waals surface area contributed by atoms with E-state index >= 15 is 0 Å². The SMILES string of the molecule is Cc1cc(Cl)cc(C(NN)/C2=C/CCCCCC2)c1. The smallest absolute Gasteiger partial charge is 0.0670 e. The zero-order valence-corrected chi connectivity index (χ0v) is 12.3. The van der Waals surface area contributed by atoms with Crippen molar-refractivity contribution in [3.63, 3.8) is 0 Å². The molecule has 1 unspecified atom stereocenters. The van der Waals surface area contributed by atoms with E-state index in [4.69, 9.17) is 17.4 Å². The van der Waals surface area contributed by atoms with Crippen molar-refractivity contribution in [3.05, 3.63) is 46.0 Å². The molecule has 3 N–H and O–H groups in total. The van der Waals surface area contributed by atoms with Crippen LogP contribution in [0, 0.1) is 6.92 Å². The first-order valence-corrected chi connectivity index (χ1v) is 7.50. The standard InChI is InChI=1S/C16H23ClN2/c1-12-9-14(11-15(17)10-12)16(19-18)13-7-5-3-2-4-6-8-13/h7,9-11,16,19H,2-6,8,18H2,1H3/b13-7+. The summed E-state index contributed by atoms with van der Waals surface area (Å²) >= 11 is 6.16. The Kier molecular flexibility index (Phi) is 5.44. The van der Waals surface area contributed by atoms with Gasteiger partial charge in [-0.25, -0.2) is 5.43 Å². The third-order valence-electron chi connectivity index (χ3n) is 3.76. The minimum Gasteiger partial charge on any atom is -0.271 e. The average Bonchev–Trinajstić information content (AvgIpc) is 2.31. The number of nitrogens with one attached hydrogen (secondary N) is 1.